The molecule has 33 heavy (non-hydrogen) atoms. The summed E-state index contributed by atoms with van der Waals surface area (Å²) < 4.78 is 5.45. The fourth-order valence-corrected chi connectivity index (χ4v) is 4.89. The summed E-state index contributed by atoms with van der Waals surface area (Å²) in [5.74, 6) is -0.422. The van der Waals surface area contributed by atoms with Gasteiger partial charge in [0.15, 0.2) is 5.78 Å². The van der Waals surface area contributed by atoms with Crippen LogP contribution in [0.2, 0.25) is 0 Å². The average molecular weight is 457 g/mol. The van der Waals surface area contributed by atoms with Gasteiger partial charge < -0.3 is 10.1 Å². The van der Waals surface area contributed by atoms with Gasteiger partial charge in [-0.2, -0.15) is 0 Å². The van der Waals surface area contributed by atoms with Gasteiger partial charge in [0.1, 0.15) is 10.6 Å². The summed E-state index contributed by atoms with van der Waals surface area (Å²) in [5, 5.41) is 4.08. The molecule has 2 aromatic carbocycles. The zero-order valence-electron chi connectivity index (χ0n) is 18.7. The fraction of sp³-hybridized carbons (Fsp3) is 0.148. The van der Waals surface area contributed by atoms with Crippen LogP contribution in [0, 0.1) is 6.92 Å². The van der Waals surface area contributed by atoms with Crippen LogP contribution in [0.4, 0.5) is 10.7 Å². The second-order valence-electron chi connectivity index (χ2n) is 7.47. The number of rotatable bonds is 7. The molecule has 5 nitrogen and oxygen atoms in total. The highest BCUT2D eigenvalue weighted by molar-refractivity contribution is 7.20. The molecule has 0 saturated heterocycles. The lowest BCUT2D eigenvalue weighted by molar-refractivity contribution is 0.0529. The number of anilines is 2. The van der Waals surface area contributed by atoms with Gasteiger partial charge in [-0.1, -0.05) is 48.5 Å². The third-order valence-electron chi connectivity index (χ3n) is 5.18. The summed E-state index contributed by atoms with van der Waals surface area (Å²) >= 11 is 1.45. The Labute approximate surface area is 197 Å². The molecule has 0 atom stereocenters. The van der Waals surface area contributed by atoms with Crippen LogP contribution in [0.5, 0.6) is 0 Å². The molecular weight excluding hydrogens is 432 g/mol. The first-order chi connectivity index (χ1) is 16.0. The fourth-order valence-electron chi connectivity index (χ4n) is 3.69. The summed E-state index contributed by atoms with van der Waals surface area (Å²) in [5.41, 5.74) is 4.94. The Hall–Kier alpha value is -3.77. The van der Waals surface area contributed by atoms with E-state index in [2.05, 4.69) is 5.32 Å². The lowest BCUT2D eigenvalue weighted by atomic mass is 9.99. The Balaban J connectivity index is 1.97. The van der Waals surface area contributed by atoms with Crippen molar-refractivity contribution in [3.05, 3.63) is 89.6 Å². The molecule has 4 rings (SSSR count). The quantitative estimate of drug-likeness (QED) is 0.242. The predicted molar refractivity (Wildman–Crippen MR) is 133 cm³/mol. The normalized spacial score (nSPS) is 10.6. The minimum Gasteiger partial charge on any atom is -0.462 e. The Kier molecular flexibility index (Phi) is 6.66. The molecule has 0 radical (unpaired) electrons. The van der Waals surface area contributed by atoms with E-state index in [1.807, 2.05) is 73.7 Å². The van der Waals surface area contributed by atoms with Crippen molar-refractivity contribution in [2.45, 2.75) is 20.8 Å². The van der Waals surface area contributed by atoms with Crippen molar-refractivity contribution >= 4 is 33.8 Å². The van der Waals surface area contributed by atoms with E-state index in [9.17, 15) is 9.59 Å². The number of carbonyl (C=O) groups excluding carboxylic acids is 2. The smallest absolute Gasteiger partial charge is 0.341 e. The number of hydrogen-bond acceptors (Lipinski definition) is 6. The molecule has 1 N–H and O–H groups in total. The summed E-state index contributed by atoms with van der Waals surface area (Å²) in [6.07, 6.45) is 0. The molecule has 6 heteroatoms. The van der Waals surface area contributed by atoms with E-state index >= 15 is 0 Å². The molecule has 0 saturated carbocycles. The number of aryl methyl sites for hydroxylation is 1. The molecule has 166 valence electrons. The maximum absolute atomic E-state index is 13.2. The molecule has 2 heterocycles. The second-order valence-corrected chi connectivity index (χ2v) is 8.49. The molecule has 0 unspecified atom stereocenters. The van der Waals surface area contributed by atoms with Gasteiger partial charge in [-0.3, -0.25) is 9.78 Å². The van der Waals surface area contributed by atoms with Gasteiger partial charge in [0.2, 0.25) is 0 Å². The highest BCUT2D eigenvalue weighted by Gasteiger charge is 2.27. The maximum Gasteiger partial charge on any atom is 0.341 e. The number of benzene rings is 2. The average Bonchev–Trinajstić information content (AvgIpc) is 3.19. The summed E-state index contributed by atoms with van der Waals surface area (Å²) in [6.45, 7) is 5.42. The number of para-hydroxylation sites is 1. The van der Waals surface area contributed by atoms with E-state index in [4.69, 9.17) is 9.72 Å². The van der Waals surface area contributed by atoms with E-state index in [1.165, 1.54) is 18.3 Å². The number of ether oxygens (including phenoxy) is 1. The minimum absolute atomic E-state index is 0.0281. The maximum atomic E-state index is 13.2. The van der Waals surface area contributed by atoms with Crippen molar-refractivity contribution in [3.8, 4) is 21.7 Å². The number of pyridine rings is 1. The Morgan fingerprint density at radius 2 is 1.64 bits per heavy atom. The molecule has 0 spiro atoms. The summed E-state index contributed by atoms with van der Waals surface area (Å²) in [6, 6.07) is 23.1. The first kappa shape index (κ1) is 22.4. The van der Waals surface area contributed by atoms with E-state index in [0.29, 0.717) is 27.5 Å². The molecule has 0 bridgehead atoms. The van der Waals surface area contributed by atoms with Crippen LogP contribution in [-0.2, 0) is 4.74 Å². The van der Waals surface area contributed by atoms with E-state index < -0.39 is 5.97 Å². The monoisotopic (exact) mass is 456 g/mol. The third-order valence-corrected chi connectivity index (χ3v) is 6.31. The van der Waals surface area contributed by atoms with Gasteiger partial charge in [-0.05, 0) is 50.6 Å². The van der Waals surface area contributed by atoms with Gasteiger partial charge in [0, 0.05) is 22.5 Å². The van der Waals surface area contributed by atoms with Crippen LogP contribution >= 0.6 is 11.3 Å². The van der Waals surface area contributed by atoms with Crippen LogP contribution in [0.25, 0.3) is 21.7 Å². The van der Waals surface area contributed by atoms with E-state index in [0.717, 1.165) is 21.7 Å². The van der Waals surface area contributed by atoms with Crippen molar-refractivity contribution in [2.75, 3.05) is 11.9 Å². The Morgan fingerprint density at radius 3 is 2.24 bits per heavy atom. The molecule has 0 fully saturated rings. The number of thiophene rings is 1. The zero-order valence-corrected chi connectivity index (χ0v) is 19.5. The van der Waals surface area contributed by atoms with Gasteiger partial charge in [0.25, 0.3) is 0 Å². The van der Waals surface area contributed by atoms with E-state index in [1.54, 1.807) is 13.0 Å². The first-order valence-electron chi connectivity index (χ1n) is 10.7. The number of nitrogens with zero attached hydrogens (tertiary/aromatic N) is 1. The van der Waals surface area contributed by atoms with Crippen LogP contribution in [0.15, 0.2) is 72.8 Å². The number of aromatic nitrogens is 1. The van der Waals surface area contributed by atoms with Crippen molar-refractivity contribution in [2.24, 2.45) is 0 Å². The first-order valence-corrected chi connectivity index (χ1v) is 11.5. The standard InChI is InChI=1S/C27H24N2O3S/c1-4-32-27(31)24-23(19-11-7-5-8-12-19)25(22-16-15-21(18(3)30)17(2)28-22)33-26(24)29-20-13-9-6-10-14-20/h5-16,29H,4H2,1-3H3. The van der Waals surface area contributed by atoms with Crippen molar-refractivity contribution in [1.29, 1.82) is 0 Å². The Morgan fingerprint density at radius 1 is 0.970 bits per heavy atom. The van der Waals surface area contributed by atoms with Crippen LogP contribution < -0.4 is 5.32 Å². The number of carbonyl (C=O) groups is 2. The third kappa shape index (κ3) is 4.71. The summed E-state index contributed by atoms with van der Waals surface area (Å²) in [4.78, 5) is 30.7. The highest BCUT2D eigenvalue weighted by atomic mass is 32.1. The van der Waals surface area contributed by atoms with Crippen molar-refractivity contribution in [1.82, 2.24) is 4.98 Å². The minimum atomic E-state index is -0.394. The molecule has 0 amide bonds. The van der Waals surface area contributed by atoms with Gasteiger partial charge >= 0.3 is 5.97 Å². The van der Waals surface area contributed by atoms with Crippen molar-refractivity contribution in [3.63, 3.8) is 0 Å². The zero-order chi connectivity index (χ0) is 23.4. The lowest BCUT2D eigenvalue weighted by Gasteiger charge is -2.10. The SMILES string of the molecule is CCOC(=O)c1c(Nc2ccccc2)sc(-c2ccc(C(C)=O)c(C)n2)c1-c1ccccc1. The predicted octanol–water partition coefficient (Wildman–Crippen LogP) is 6.91. The van der Waals surface area contributed by atoms with Crippen LogP contribution in [0.1, 0.15) is 40.3 Å². The molecule has 2 aromatic heterocycles. The molecule has 0 aliphatic rings. The molecular formula is C27H24N2O3S. The molecule has 0 aliphatic carbocycles. The number of ketones is 1. The number of Topliss-reactive ketones (excluding diaryl/α,β-unsaturated/α-hetero) is 1. The number of esters is 1. The van der Waals surface area contributed by atoms with Crippen LogP contribution in [-0.4, -0.2) is 23.3 Å². The highest BCUT2D eigenvalue weighted by Crippen LogP contribution is 2.47. The lowest BCUT2D eigenvalue weighted by Crippen LogP contribution is -2.07. The number of nitrogens with one attached hydrogen (secondary N) is 1. The topological polar surface area (TPSA) is 68.3 Å². The largest absolute Gasteiger partial charge is 0.462 e. The number of hydrogen-bond donors (Lipinski definition) is 1. The van der Waals surface area contributed by atoms with Gasteiger partial charge in [-0.25, -0.2) is 4.79 Å². The second kappa shape index (κ2) is 9.79. The van der Waals surface area contributed by atoms with Crippen molar-refractivity contribution < 1.29 is 14.3 Å². The molecule has 4 aromatic rings. The van der Waals surface area contributed by atoms with Gasteiger partial charge in [-0.15, -0.1) is 11.3 Å². The Bertz CT molecular complexity index is 1300. The summed E-state index contributed by atoms with van der Waals surface area (Å²) in [7, 11) is 0. The van der Waals surface area contributed by atoms with Gasteiger partial charge in [0.05, 0.1) is 17.2 Å². The molecule has 0 aliphatic heterocycles. The van der Waals surface area contributed by atoms with E-state index in [-0.39, 0.29) is 12.4 Å². The van der Waals surface area contributed by atoms with Crippen LogP contribution in [0.3, 0.4) is 0 Å².